The van der Waals surface area contributed by atoms with Crippen molar-refractivity contribution in [2.75, 3.05) is 6.61 Å². The molecule has 13 heavy (non-hydrogen) atoms. The van der Waals surface area contributed by atoms with Crippen LogP contribution in [-0.2, 0) is 4.84 Å². The molecule has 0 aliphatic carbocycles. The largest absolute Gasteiger partial charge is 0.592 e. The van der Waals surface area contributed by atoms with E-state index in [0.29, 0.717) is 10.5 Å². The Balaban J connectivity index is 2.63. The van der Waals surface area contributed by atoms with E-state index in [4.69, 9.17) is 6.42 Å². The Labute approximate surface area is 76.0 Å². The lowest BCUT2D eigenvalue weighted by molar-refractivity contribution is -0.477. The maximum Gasteiger partial charge on any atom is 0.248 e. The second kappa shape index (κ2) is 4.78. The van der Waals surface area contributed by atoms with Crippen LogP contribution >= 0.6 is 0 Å². The van der Waals surface area contributed by atoms with Gasteiger partial charge in [-0.3, -0.25) is 0 Å². The molecule has 0 aliphatic heterocycles. The number of hydrogen-bond donors (Lipinski definition) is 0. The third kappa shape index (κ3) is 2.83. The summed E-state index contributed by atoms with van der Waals surface area (Å²) in [5.41, 5.74) is 0.402. The SMILES string of the molecule is C#CCO/N=[N+](\[O-])c1ccccc1. The molecule has 0 aromatic heterocycles. The second-order valence-corrected chi connectivity index (χ2v) is 2.17. The van der Waals surface area contributed by atoms with Crippen molar-refractivity contribution >= 4 is 5.69 Å². The molecule has 0 heterocycles. The predicted molar refractivity (Wildman–Crippen MR) is 46.9 cm³/mol. The van der Waals surface area contributed by atoms with Gasteiger partial charge in [-0.25, -0.2) is 0 Å². The van der Waals surface area contributed by atoms with Crippen molar-refractivity contribution in [3.8, 4) is 12.3 Å². The van der Waals surface area contributed by atoms with E-state index in [0.717, 1.165) is 0 Å². The summed E-state index contributed by atoms with van der Waals surface area (Å²) in [5.74, 6) is 2.19. The van der Waals surface area contributed by atoms with E-state index >= 15 is 0 Å². The number of para-hydroxylation sites is 1. The van der Waals surface area contributed by atoms with Crippen molar-refractivity contribution in [1.29, 1.82) is 0 Å². The van der Waals surface area contributed by atoms with E-state index in [1.807, 2.05) is 0 Å². The first-order chi connectivity index (χ1) is 6.34. The van der Waals surface area contributed by atoms with Gasteiger partial charge < -0.3 is 10.0 Å². The Morgan fingerprint density at radius 3 is 2.77 bits per heavy atom. The summed E-state index contributed by atoms with van der Waals surface area (Å²) in [7, 11) is 0. The highest BCUT2D eigenvalue weighted by Gasteiger charge is 2.00. The van der Waals surface area contributed by atoms with Crippen LogP contribution in [0.25, 0.3) is 0 Å². The molecule has 4 heteroatoms. The van der Waals surface area contributed by atoms with Crippen LogP contribution in [0.3, 0.4) is 0 Å². The minimum absolute atomic E-state index is 0.00836. The van der Waals surface area contributed by atoms with E-state index < -0.39 is 0 Å². The van der Waals surface area contributed by atoms with Gasteiger partial charge in [0.1, 0.15) is 0 Å². The Morgan fingerprint density at radius 2 is 2.15 bits per heavy atom. The van der Waals surface area contributed by atoms with Gasteiger partial charge in [-0.05, 0) is 4.86 Å². The first kappa shape index (κ1) is 9.07. The van der Waals surface area contributed by atoms with Crippen LogP contribution in [0.4, 0.5) is 5.69 Å². The molecule has 1 aromatic carbocycles. The molecule has 0 saturated carbocycles. The molecule has 0 N–H and O–H groups in total. The highest BCUT2D eigenvalue weighted by Crippen LogP contribution is 2.09. The molecule has 0 bridgehead atoms. The lowest BCUT2D eigenvalue weighted by atomic mass is 10.3. The molecule has 4 nitrogen and oxygen atoms in total. The van der Waals surface area contributed by atoms with Crippen molar-refractivity contribution in [3.05, 3.63) is 35.5 Å². The maximum atomic E-state index is 11.1. The van der Waals surface area contributed by atoms with Crippen LogP contribution in [0.5, 0.6) is 0 Å². The molecule has 66 valence electrons. The Morgan fingerprint density at radius 1 is 1.46 bits per heavy atom. The number of nitrogens with zero attached hydrogens (tertiary/aromatic N) is 2. The molecule has 1 rings (SSSR count). The second-order valence-electron chi connectivity index (χ2n) is 2.17. The zero-order chi connectivity index (χ0) is 9.52. The van der Waals surface area contributed by atoms with Crippen molar-refractivity contribution in [1.82, 2.24) is 0 Å². The average Bonchev–Trinajstić information content (AvgIpc) is 2.19. The quantitative estimate of drug-likeness (QED) is 0.232. The molecule has 0 aliphatic rings. The first-order valence-electron chi connectivity index (χ1n) is 3.63. The monoisotopic (exact) mass is 176 g/mol. The summed E-state index contributed by atoms with van der Waals surface area (Å²) >= 11 is 0. The van der Waals surface area contributed by atoms with E-state index in [-0.39, 0.29) is 6.61 Å². The van der Waals surface area contributed by atoms with Crippen LogP contribution in [0, 0.1) is 17.6 Å². The fourth-order valence-corrected chi connectivity index (χ4v) is 0.721. The summed E-state index contributed by atoms with van der Waals surface area (Å²) in [6, 6.07) is 8.51. The van der Waals surface area contributed by atoms with Gasteiger partial charge in [-0.2, -0.15) is 0 Å². The molecule has 0 spiro atoms. The van der Waals surface area contributed by atoms with E-state index in [9.17, 15) is 5.21 Å². The highest BCUT2D eigenvalue weighted by molar-refractivity contribution is 5.27. The highest BCUT2D eigenvalue weighted by atomic mass is 16.7. The van der Waals surface area contributed by atoms with Gasteiger partial charge in [0.05, 0.1) is 0 Å². The standard InChI is InChI=1S/C9H8N2O2/c1-2-8-13-10-11(12)9-6-4-3-5-7-9/h1,3-7H,8H2/b11-10-. The average molecular weight is 176 g/mol. The van der Waals surface area contributed by atoms with Crippen molar-refractivity contribution in [2.45, 2.75) is 0 Å². The third-order valence-corrected chi connectivity index (χ3v) is 1.26. The van der Waals surface area contributed by atoms with Crippen LogP contribution in [-0.4, -0.2) is 11.5 Å². The van der Waals surface area contributed by atoms with Crippen LogP contribution < -0.4 is 0 Å². The first-order valence-corrected chi connectivity index (χ1v) is 3.63. The molecule has 0 atom stereocenters. The van der Waals surface area contributed by atoms with Gasteiger partial charge in [0.25, 0.3) is 0 Å². The molecule has 0 amide bonds. The van der Waals surface area contributed by atoms with Gasteiger partial charge in [0, 0.05) is 12.1 Å². The molecular weight excluding hydrogens is 168 g/mol. The smallest absolute Gasteiger partial charge is 0.248 e. The third-order valence-electron chi connectivity index (χ3n) is 1.26. The molecule has 0 saturated heterocycles. The maximum absolute atomic E-state index is 11.1. The van der Waals surface area contributed by atoms with E-state index in [2.05, 4.69) is 16.0 Å². The summed E-state index contributed by atoms with van der Waals surface area (Å²) < 4.78 is 0. The van der Waals surface area contributed by atoms with Gasteiger partial charge in [-0.1, -0.05) is 24.1 Å². The van der Waals surface area contributed by atoms with Gasteiger partial charge in [0.2, 0.25) is 11.0 Å². The van der Waals surface area contributed by atoms with Crippen molar-refractivity contribution < 1.29 is 9.70 Å². The van der Waals surface area contributed by atoms with Crippen LogP contribution in [0.2, 0.25) is 0 Å². The molecule has 0 unspecified atom stereocenters. The van der Waals surface area contributed by atoms with Crippen molar-refractivity contribution in [3.63, 3.8) is 0 Å². The Bertz CT molecular complexity index is 327. The fourth-order valence-electron chi connectivity index (χ4n) is 0.721. The van der Waals surface area contributed by atoms with E-state index in [1.54, 1.807) is 30.3 Å². The number of terminal acetylenes is 1. The summed E-state index contributed by atoms with van der Waals surface area (Å²) in [5, 5.41) is 14.3. The van der Waals surface area contributed by atoms with E-state index in [1.165, 1.54) is 0 Å². The fraction of sp³-hybridized carbons (Fsp3) is 0.111. The van der Waals surface area contributed by atoms with Gasteiger partial charge in [-0.15, -0.1) is 6.42 Å². The van der Waals surface area contributed by atoms with Crippen LogP contribution in [0.15, 0.2) is 35.6 Å². The summed E-state index contributed by atoms with van der Waals surface area (Å²) in [6.07, 6.45) is 4.90. The minimum Gasteiger partial charge on any atom is -0.592 e. The summed E-state index contributed by atoms with van der Waals surface area (Å²) in [6.45, 7) is -0.00836. The Hall–Kier alpha value is -2.02. The number of rotatable bonds is 3. The van der Waals surface area contributed by atoms with Gasteiger partial charge >= 0.3 is 0 Å². The number of benzene rings is 1. The lowest BCUT2D eigenvalue weighted by Gasteiger charge is -1.96. The zero-order valence-corrected chi connectivity index (χ0v) is 6.88. The summed E-state index contributed by atoms with van der Waals surface area (Å²) in [4.78, 5) is 4.87. The van der Waals surface area contributed by atoms with Gasteiger partial charge in [0.15, 0.2) is 6.61 Å². The minimum atomic E-state index is -0.00836. The lowest BCUT2D eigenvalue weighted by Crippen LogP contribution is -1.93. The normalized spacial score (nSPS) is 10.5. The zero-order valence-electron chi connectivity index (χ0n) is 6.88. The Kier molecular flexibility index (Phi) is 3.33. The number of hydrogen-bond acceptors (Lipinski definition) is 3. The molecular formula is C9H8N2O2. The predicted octanol–water partition coefficient (Wildman–Crippen LogP) is 1.85. The van der Waals surface area contributed by atoms with Crippen molar-refractivity contribution in [2.24, 2.45) is 5.28 Å². The molecule has 0 fully saturated rings. The van der Waals surface area contributed by atoms with Crippen LogP contribution in [0.1, 0.15) is 0 Å². The topological polar surface area (TPSA) is 47.7 Å². The molecule has 1 aromatic rings. The molecule has 0 radical (unpaired) electrons.